The number of unbranched alkanes of at least 4 members (excludes halogenated alkanes) is 1. The lowest BCUT2D eigenvalue weighted by Gasteiger charge is -2.27. The maximum atomic E-state index is 14.8. The van der Waals surface area contributed by atoms with E-state index >= 15 is 0 Å². The Labute approximate surface area is 415 Å². The second-order valence-electron chi connectivity index (χ2n) is 18.5. The van der Waals surface area contributed by atoms with Gasteiger partial charge in [0.2, 0.25) is 29.5 Å². The Kier molecular flexibility index (Phi) is 23.5. The number of carbonyl (C=O) groups excluding carboxylic acids is 7. The molecule has 1 aromatic heterocycles. The summed E-state index contributed by atoms with van der Waals surface area (Å²) in [5.74, 6) is -6.26. The topological polar surface area (TPSA) is 344 Å². The first-order valence-electron chi connectivity index (χ1n) is 24.4. The van der Waals surface area contributed by atoms with E-state index in [1.807, 2.05) is 50.3 Å². The Morgan fingerprint density at radius 2 is 1.35 bits per heavy atom. The van der Waals surface area contributed by atoms with Gasteiger partial charge in [-0.3, -0.25) is 43.5 Å². The van der Waals surface area contributed by atoms with Crippen LogP contribution in [0.1, 0.15) is 89.2 Å². The highest BCUT2D eigenvalue weighted by Crippen LogP contribution is 2.25. The summed E-state index contributed by atoms with van der Waals surface area (Å²) in [6.45, 7) is 3.79. The van der Waals surface area contributed by atoms with Gasteiger partial charge in [0.05, 0.1) is 18.7 Å². The molecule has 0 spiro atoms. The third-order valence-corrected chi connectivity index (χ3v) is 12.4. The standard InChI is InChI=1S/C51H74N12O8/c1-31(2)23-41(46(53)67)62-50(71)42(24-32-13-5-4-6-14-32)63-49(70)39(19-9-10-20-52)60-48(69)34(25-35-29-59-38-18-8-7-17-37(35)38)27-44(65)40(28-36-16-12-21-57-36)61-47(68)33(15-11-22-58-51(54)55)26-45(66)43(30-64)56-3/h4-8,13-14,16-18,21,29,31,33-34,39-43,56,59,64H,9-12,15,19-20,22-28,30,52H2,1-3H3,(H2,53,67)(H,60,69)(H,61,68)(H,62,71)(H,63,70)(H4,54,55,58)/t33?,34?,39-,40?,41-,42?,43?/m0/s1. The number of nitrogens with zero attached hydrogens (tertiary/aromatic N) is 2. The number of aromatic amines is 1. The summed E-state index contributed by atoms with van der Waals surface area (Å²) < 4.78 is 0. The molecular formula is C51H74N12O8. The van der Waals surface area contributed by atoms with Crippen LogP contribution in [0.25, 0.3) is 10.9 Å². The van der Waals surface area contributed by atoms with Crippen molar-refractivity contribution in [3.8, 4) is 0 Å². The lowest BCUT2D eigenvalue weighted by atomic mass is 9.88. The Morgan fingerprint density at radius 3 is 2.00 bits per heavy atom. The van der Waals surface area contributed by atoms with Gasteiger partial charge in [0, 0.05) is 79.5 Å². The van der Waals surface area contributed by atoms with Crippen molar-refractivity contribution in [3.63, 3.8) is 0 Å². The smallest absolute Gasteiger partial charge is 0.243 e. The number of ketones is 2. The monoisotopic (exact) mass is 983 g/mol. The highest BCUT2D eigenvalue weighted by atomic mass is 16.3. The first-order valence-corrected chi connectivity index (χ1v) is 24.4. The van der Waals surface area contributed by atoms with Gasteiger partial charge in [-0.25, -0.2) is 0 Å². The van der Waals surface area contributed by atoms with Crippen LogP contribution in [-0.2, 0) is 46.4 Å². The Balaban J connectivity index is 1.68. The maximum absolute atomic E-state index is 14.8. The van der Waals surface area contributed by atoms with Gasteiger partial charge < -0.3 is 59.6 Å². The Bertz CT molecular complexity index is 2340. The number of guanidine groups is 1. The van der Waals surface area contributed by atoms with E-state index in [-0.39, 0.29) is 69.8 Å². The number of nitrogens with two attached hydrogens (primary N) is 4. The molecule has 2 heterocycles. The number of Topliss-reactive ketones (excluding diaryl/α,β-unsaturated/α-hetero) is 2. The van der Waals surface area contributed by atoms with Gasteiger partial charge >= 0.3 is 0 Å². The van der Waals surface area contributed by atoms with E-state index in [1.54, 1.807) is 36.7 Å². The Morgan fingerprint density at radius 1 is 0.718 bits per heavy atom. The Hall–Kier alpha value is -6.77. The summed E-state index contributed by atoms with van der Waals surface area (Å²) in [6.07, 6.45) is 7.14. The minimum absolute atomic E-state index is 0.00426. The maximum Gasteiger partial charge on any atom is 0.243 e. The van der Waals surface area contributed by atoms with E-state index in [9.17, 15) is 38.7 Å². The highest BCUT2D eigenvalue weighted by molar-refractivity contribution is 5.97. The molecule has 386 valence electrons. The molecule has 0 fully saturated rings. The second kappa shape index (κ2) is 29.4. The fraction of sp³-hybridized carbons (Fsp3) is 0.510. The van der Waals surface area contributed by atoms with Crippen molar-refractivity contribution in [2.24, 2.45) is 50.7 Å². The van der Waals surface area contributed by atoms with E-state index in [1.165, 1.54) is 7.05 Å². The molecule has 1 aliphatic rings. The van der Waals surface area contributed by atoms with Crippen molar-refractivity contribution in [1.82, 2.24) is 31.6 Å². The zero-order valence-electron chi connectivity index (χ0n) is 41.2. The van der Waals surface area contributed by atoms with Gasteiger partial charge in [-0.1, -0.05) is 68.5 Å². The summed E-state index contributed by atoms with van der Waals surface area (Å²) in [5, 5.41) is 24.7. The third kappa shape index (κ3) is 18.8. The number of aromatic nitrogens is 1. The fourth-order valence-corrected chi connectivity index (χ4v) is 8.48. The van der Waals surface area contributed by atoms with Crippen LogP contribution in [0.4, 0.5) is 0 Å². The number of carbonyl (C=O) groups is 7. The lowest BCUT2D eigenvalue weighted by molar-refractivity contribution is -0.136. The van der Waals surface area contributed by atoms with Crippen molar-refractivity contribution in [2.45, 2.75) is 121 Å². The molecule has 3 aromatic rings. The predicted molar refractivity (Wildman–Crippen MR) is 273 cm³/mol. The average molecular weight is 983 g/mol. The molecule has 0 saturated heterocycles. The van der Waals surface area contributed by atoms with Gasteiger partial charge in [0.15, 0.2) is 17.5 Å². The summed E-state index contributed by atoms with van der Waals surface area (Å²) >= 11 is 0. The first-order chi connectivity index (χ1) is 34.0. The fourth-order valence-electron chi connectivity index (χ4n) is 8.48. The molecule has 71 heavy (non-hydrogen) atoms. The summed E-state index contributed by atoms with van der Waals surface area (Å²) in [7, 11) is 1.52. The van der Waals surface area contributed by atoms with Crippen molar-refractivity contribution in [3.05, 3.63) is 83.7 Å². The molecule has 1 aliphatic heterocycles. The molecule has 2 aromatic carbocycles. The van der Waals surface area contributed by atoms with Crippen LogP contribution in [-0.4, -0.2) is 120 Å². The number of aliphatic imine (C=N–C) groups is 2. The number of hydrogen-bond acceptors (Lipinski definition) is 12. The summed E-state index contributed by atoms with van der Waals surface area (Å²) in [4.78, 5) is 109. The number of hydrogen-bond donors (Lipinski definition) is 11. The lowest BCUT2D eigenvalue weighted by Crippen LogP contribution is -2.57. The second-order valence-corrected chi connectivity index (χ2v) is 18.5. The van der Waals surface area contributed by atoms with Gasteiger partial charge in [-0.2, -0.15) is 0 Å². The summed E-state index contributed by atoms with van der Waals surface area (Å²) in [5.41, 5.74) is 25.4. The molecule has 5 unspecified atom stereocenters. The van der Waals surface area contributed by atoms with Crippen molar-refractivity contribution >= 4 is 64.2 Å². The van der Waals surface area contributed by atoms with E-state index in [2.05, 4.69) is 41.6 Å². The van der Waals surface area contributed by atoms with Gasteiger partial charge in [-0.15, -0.1) is 0 Å². The molecule has 20 nitrogen and oxygen atoms in total. The van der Waals surface area contributed by atoms with Gasteiger partial charge in [0.25, 0.3) is 0 Å². The number of para-hydroxylation sites is 1. The molecule has 5 amide bonds. The van der Waals surface area contributed by atoms with Gasteiger partial charge in [-0.05, 0) is 81.6 Å². The van der Waals surface area contributed by atoms with Crippen LogP contribution in [0.2, 0.25) is 0 Å². The van der Waals surface area contributed by atoms with Crippen LogP contribution in [0.5, 0.6) is 0 Å². The molecule has 4 rings (SSSR count). The molecule has 15 N–H and O–H groups in total. The molecule has 0 bridgehead atoms. The molecule has 0 saturated carbocycles. The normalized spacial score (nSPS) is 15.1. The molecule has 7 atom stereocenters. The van der Waals surface area contributed by atoms with Crippen LogP contribution in [0.3, 0.4) is 0 Å². The van der Waals surface area contributed by atoms with Crippen molar-refractivity contribution in [2.75, 3.05) is 26.7 Å². The van der Waals surface area contributed by atoms with E-state index in [4.69, 9.17) is 22.9 Å². The number of likely N-dealkylation sites (N-methyl/N-ethyl adjacent to an activating group) is 1. The minimum Gasteiger partial charge on any atom is -0.394 e. The van der Waals surface area contributed by atoms with Crippen LogP contribution in [0, 0.1) is 17.8 Å². The van der Waals surface area contributed by atoms with E-state index < -0.39 is 89.8 Å². The van der Waals surface area contributed by atoms with E-state index in [0.29, 0.717) is 37.9 Å². The number of amides is 5. The molecule has 0 aliphatic carbocycles. The number of aliphatic hydroxyl groups is 1. The average Bonchev–Trinajstić information content (AvgIpc) is 4.01. The summed E-state index contributed by atoms with van der Waals surface area (Å²) in [6, 6.07) is 11.0. The zero-order valence-corrected chi connectivity index (χ0v) is 41.2. The number of primary amides is 1. The number of benzene rings is 2. The first kappa shape index (κ1) is 56.8. The number of nitrogens with one attached hydrogen (secondary N) is 6. The largest absolute Gasteiger partial charge is 0.394 e. The van der Waals surface area contributed by atoms with Crippen molar-refractivity contribution < 1.29 is 38.7 Å². The molecular weight excluding hydrogens is 909 g/mol. The number of allylic oxidation sites excluding steroid dienone is 1. The highest BCUT2D eigenvalue weighted by Gasteiger charge is 2.35. The van der Waals surface area contributed by atoms with Gasteiger partial charge in [0.1, 0.15) is 18.1 Å². The van der Waals surface area contributed by atoms with Crippen LogP contribution < -0.4 is 49.5 Å². The number of H-pyrrole nitrogens is 1. The van der Waals surface area contributed by atoms with Crippen LogP contribution >= 0.6 is 0 Å². The number of rotatable bonds is 33. The van der Waals surface area contributed by atoms with Crippen molar-refractivity contribution in [1.29, 1.82) is 0 Å². The van der Waals surface area contributed by atoms with Crippen LogP contribution in [0.15, 0.2) is 82.6 Å². The number of aliphatic hydroxyl groups excluding tert-OH is 1. The number of fused-ring (bicyclic) bond motifs is 1. The minimum atomic E-state index is -1.19. The molecule has 0 radical (unpaired) electrons. The SMILES string of the molecule is CNC(CO)C(=O)CC(CCCN=C(N)N)C(=O)NC(CC1=CCC=N1)C(=O)CC(Cc1c[nH]c2ccccc12)C(=O)N[C@@H](CCCCN)C(=O)NC(Cc1ccccc1)C(=O)N[C@@H](CC(C)C)C(N)=O. The zero-order chi connectivity index (χ0) is 51.9. The quantitative estimate of drug-likeness (QED) is 0.0232. The predicted octanol–water partition coefficient (Wildman–Crippen LogP) is 1.09. The third-order valence-electron chi connectivity index (χ3n) is 12.4. The molecule has 20 heteroatoms. The van der Waals surface area contributed by atoms with E-state index in [0.717, 1.165) is 22.0 Å².